The van der Waals surface area contributed by atoms with Crippen molar-refractivity contribution in [2.45, 2.75) is 43.4 Å². The number of sulfonamides is 1. The molecule has 1 aliphatic rings. The van der Waals surface area contributed by atoms with Crippen LogP contribution >= 0.6 is 0 Å². The van der Waals surface area contributed by atoms with Gasteiger partial charge in [0.25, 0.3) is 0 Å². The van der Waals surface area contributed by atoms with Crippen LogP contribution in [0.25, 0.3) is 0 Å². The van der Waals surface area contributed by atoms with Crippen molar-refractivity contribution in [1.82, 2.24) is 10.6 Å². The zero-order valence-corrected chi connectivity index (χ0v) is 15.3. The molecule has 0 unspecified atom stereocenters. The normalized spacial score (nSPS) is 14.8. The average molecular weight is 365 g/mol. The molecule has 0 aliphatic heterocycles. The molecule has 7 heteroatoms. The largest absolute Gasteiger partial charge is 0.355 e. The molecule has 138 valence electrons. The number of carbonyl (C=O) groups excluding carboxylic acids is 1. The molecule has 0 aromatic heterocycles. The molecule has 1 amide bonds. The zero-order chi connectivity index (χ0) is 18.1. The summed E-state index contributed by atoms with van der Waals surface area (Å²) >= 11 is 0. The Labute approximate surface area is 149 Å². The molecular weight excluding hydrogens is 338 g/mol. The number of nitrogens with two attached hydrogens (primary N) is 1. The Morgan fingerprint density at radius 2 is 1.84 bits per heavy atom. The molecule has 1 aliphatic carbocycles. The molecule has 0 bridgehead atoms. The molecular formula is C18H27N3O3S. The summed E-state index contributed by atoms with van der Waals surface area (Å²) in [5, 5.41) is 11.1. The fraction of sp³-hybridized carbons (Fsp3) is 0.500. The van der Waals surface area contributed by atoms with Gasteiger partial charge in [0.1, 0.15) is 0 Å². The van der Waals surface area contributed by atoms with E-state index in [2.05, 4.69) is 16.7 Å². The van der Waals surface area contributed by atoms with E-state index in [1.165, 1.54) is 43.4 Å². The Morgan fingerprint density at radius 1 is 1.08 bits per heavy atom. The summed E-state index contributed by atoms with van der Waals surface area (Å²) in [7, 11) is -3.65. The fourth-order valence-corrected chi connectivity index (χ4v) is 3.35. The SMILES string of the molecule is NS(=O)(=O)c1ccc(CCNCC(=O)NCCC2=CCCCC2)cc1. The minimum absolute atomic E-state index is 0.000910. The van der Waals surface area contributed by atoms with Gasteiger partial charge in [0.15, 0.2) is 0 Å². The van der Waals surface area contributed by atoms with Gasteiger partial charge in [-0.2, -0.15) is 0 Å². The van der Waals surface area contributed by atoms with Crippen molar-refractivity contribution in [2.75, 3.05) is 19.6 Å². The Hall–Kier alpha value is -1.70. The molecule has 1 aromatic carbocycles. The molecule has 0 saturated heterocycles. The van der Waals surface area contributed by atoms with Gasteiger partial charge in [0.2, 0.25) is 15.9 Å². The molecule has 25 heavy (non-hydrogen) atoms. The van der Waals surface area contributed by atoms with Gasteiger partial charge in [-0.3, -0.25) is 4.79 Å². The Morgan fingerprint density at radius 3 is 2.48 bits per heavy atom. The lowest BCUT2D eigenvalue weighted by atomic mass is 9.97. The van der Waals surface area contributed by atoms with E-state index in [-0.39, 0.29) is 17.3 Å². The summed E-state index contributed by atoms with van der Waals surface area (Å²) < 4.78 is 22.4. The number of allylic oxidation sites excluding steroid dienone is 1. The predicted octanol–water partition coefficient (Wildman–Crippen LogP) is 1.47. The Balaban J connectivity index is 1.59. The number of rotatable bonds is 9. The quantitative estimate of drug-likeness (QED) is 0.456. The van der Waals surface area contributed by atoms with Crippen LogP contribution in [0.15, 0.2) is 40.8 Å². The molecule has 1 aromatic rings. The second kappa shape index (κ2) is 9.70. The van der Waals surface area contributed by atoms with Crippen LogP contribution in [0.1, 0.15) is 37.7 Å². The number of hydrogen-bond acceptors (Lipinski definition) is 4. The lowest BCUT2D eigenvalue weighted by Gasteiger charge is -2.13. The van der Waals surface area contributed by atoms with Crippen LogP contribution in [0.5, 0.6) is 0 Å². The van der Waals surface area contributed by atoms with Crippen LogP contribution in [-0.2, 0) is 21.2 Å². The first-order chi connectivity index (χ1) is 11.9. The minimum Gasteiger partial charge on any atom is -0.355 e. The van der Waals surface area contributed by atoms with E-state index in [0.717, 1.165) is 12.0 Å². The van der Waals surface area contributed by atoms with Gasteiger partial charge in [-0.05, 0) is 62.8 Å². The van der Waals surface area contributed by atoms with Crippen molar-refractivity contribution in [3.05, 3.63) is 41.5 Å². The first-order valence-corrected chi connectivity index (χ1v) is 10.3. The zero-order valence-electron chi connectivity index (χ0n) is 14.5. The standard InChI is InChI=1S/C18H27N3O3S/c19-25(23,24)17-8-6-16(7-9-17)10-12-20-14-18(22)21-13-11-15-4-2-1-3-5-15/h4,6-9,20H,1-3,5,10-14H2,(H,21,22)(H2,19,23,24). The van der Waals surface area contributed by atoms with Crippen molar-refractivity contribution in [2.24, 2.45) is 5.14 Å². The second-order valence-corrected chi connectivity index (χ2v) is 7.89. The first-order valence-electron chi connectivity index (χ1n) is 8.72. The summed E-state index contributed by atoms with van der Waals surface area (Å²) in [5.41, 5.74) is 2.45. The Kier molecular flexibility index (Phi) is 7.61. The third kappa shape index (κ3) is 7.37. The molecule has 2 rings (SSSR count). The highest BCUT2D eigenvalue weighted by Crippen LogP contribution is 2.19. The van der Waals surface area contributed by atoms with E-state index in [1.807, 2.05) is 0 Å². The van der Waals surface area contributed by atoms with E-state index in [1.54, 1.807) is 12.1 Å². The van der Waals surface area contributed by atoms with E-state index >= 15 is 0 Å². The maximum atomic E-state index is 11.8. The average Bonchev–Trinajstić information content (AvgIpc) is 2.59. The maximum Gasteiger partial charge on any atom is 0.238 e. The minimum atomic E-state index is -3.65. The summed E-state index contributed by atoms with van der Waals surface area (Å²) in [6.07, 6.45) is 8.84. The van der Waals surface area contributed by atoms with Gasteiger partial charge in [-0.15, -0.1) is 0 Å². The summed E-state index contributed by atoms with van der Waals surface area (Å²) in [5.74, 6) is 0.000910. The van der Waals surface area contributed by atoms with Crippen molar-refractivity contribution < 1.29 is 13.2 Å². The highest BCUT2D eigenvalue weighted by Gasteiger charge is 2.07. The van der Waals surface area contributed by atoms with Gasteiger partial charge in [0, 0.05) is 6.54 Å². The van der Waals surface area contributed by atoms with Crippen molar-refractivity contribution >= 4 is 15.9 Å². The lowest BCUT2D eigenvalue weighted by Crippen LogP contribution is -2.35. The third-order valence-corrected chi connectivity index (χ3v) is 5.21. The molecule has 0 fully saturated rings. The van der Waals surface area contributed by atoms with Gasteiger partial charge in [-0.1, -0.05) is 23.8 Å². The van der Waals surface area contributed by atoms with E-state index in [4.69, 9.17) is 5.14 Å². The number of primary sulfonamides is 1. The van der Waals surface area contributed by atoms with Crippen LogP contribution in [0.3, 0.4) is 0 Å². The monoisotopic (exact) mass is 365 g/mol. The second-order valence-electron chi connectivity index (χ2n) is 6.32. The van der Waals surface area contributed by atoms with Crippen LogP contribution in [0.2, 0.25) is 0 Å². The number of hydrogen-bond donors (Lipinski definition) is 3. The number of carbonyl (C=O) groups is 1. The van der Waals surface area contributed by atoms with Crippen LogP contribution in [0.4, 0.5) is 0 Å². The van der Waals surface area contributed by atoms with Crippen LogP contribution < -0.4 is 15.8 Å². The van der Waals surface area contributed by atoms with Gasteiger partial charge >= 0.3 is 0 Å². The van der Waals surface area contributed by atoms with Crippen LogP contribution in [-0.4, -0.2) is 34.0 Å². The van der Waals surface area contributed by atoms with E-state index < -0.39 is 10.0 Å². The summed E-state index contributed by atoms with van der Waals surface area (Å²) in [6, 6.07) is 6.47. The number of amides is 1. The smallest absolute Gasteiger partial charge is 0.238 e. The predicted molar refractivity (Wildman–Crippen MR) is 98.6 cm³/mol. The van der Waals surface area contributed by atoms with Gasteiger partial charge in [-0.25, -0.2) is 13.6 Å². The summed E-state index contributed by atoms with van der Waals surface area (Å²) in [4.78, 5) is 11.9. The fourth-order valence-electron chi connectivity index (χ4n) is 2.84. The Bertz CT molecular complexity index is 697. The number of benzene rings is 1. The molecule has 6 nitrogen and oxygen atoms in total. The summed E-state index contributed by atoms with van der Waals surface area (Å²) in [6.45, 7) is 1.63. The van der Waals surface area contributed by atoms with E-state index in [9.17, 15) is 13.2 Å². The molecule has 0 spiro atoms. The van der Waals surface area contributed by atoms with E-state index in [0.29, 0.717) is 19.5 Å². The van der Waals surface area contributed by atoms with Crippen molar-refractivity contribution in [3.63, 3.8) is 0 Å². The topological polar surface area (TPSA) is 101 Å². The van der Waals surface area contributed by atoms with Crippen molar-refractivity contribution in [1.29, 1.82) is 0 Å². The molecule has 0 atom stereocenters. The first kappa shape index (κ1) is 19.6. The molecule has 0 saturated carbocycles. The lowest BCUT2D eigenvalue weighted by molar-refractivity contribution is -0.120. The van der Waals surface area contributed by atoms with Crippen molar-refractivity contribution in [3.8, 4) is 0 Å². The third-order valence-electron chi connectivity index (χ3n) is 4.28. The molecule has 0 heterocycles. The molecule has 0 radical (unpaired) electrons. The molecule has 4 N–H and O–H groups in total. The van der Waals surface area contributed by atoms with Crippen LogP contribution in [0, 0.1) is 0 Å². The maximum absolute atomic E-state index is 11.8. The number of nitrogens with one attached hydrogen (secondary N) is 2. The van der Waals surface area contributed by atoms with Gasteiger partial charge < -0.3 is 10.6 Å². The highest BCUT2D eigenvalue weighted by atomic mass is 32.2. The van der Waals surface area contributed by atoms with Gasteiger partial charge in [0.05, 0.1) is 11.4 Å². The highest BCUT2D eigenvalue weighted by molar-refractivity contribution is 7.89.